The van der Waals surface area contributed by atoms with Crippen molar-refractivity contribution in [3.05, 3.63) is 34.0 Å². The molecule has 5 heteroatoms. The molecular weight excluding hydrogens is 284 g/mol. The van der Waals surface area contributed by atoms with Crippen LogP contribution in [0.5, 0.6) is 5.75 Å². The summed E-state index contributed by atoms with van der Waals surface area (Å²) < 4.78 is 4.69. The fourth-order valence-electron chi connectivity index (χ4n) is 2.14. The number of thioether (sulfide) groups is 1. The third-order valence-electron chi connectivity index (χ3n) is 3.09. The Hall–Kier alpha value is -1.13. The van der Waals surface area contributed by atoms with Crippen molar-refractivity contribution < 1.29 is 14.6 Å². The van der Waals surface area contributed by atoms with Gasteiger partial charge in [0.15, 0.2) is 0 Å². The van der Waals surface area contributed by atoms with Crippen molar-refractivity contribution in [1.82, 2.24) is 0 Å². The monoisotopic (exact) mass is 298 g/mol. The van der Waals surface area contributed by atoms with E-state index in [1.54, 1.807) is 12.1 Å². The molecule has 2 rings (SSSR count). The van der Waals surface area contributed by atoms with E-state index in [1.165, 1.54) is 7.11 Å². The Balaban J connectivity index is 2.73. The molecule has 0 bridgehead atoms. The second kappa shape index (κ2) is 4.76. The zero-order valence-corrected chi connectivity index (χ0v) is 12.8. The SMILES string of the molecule is COc1cc(Cl)cc(C)c1C1=C(O)C(C)(C)SC1=O. The lowest BCUT2D eigenvalue weighted by Gasteiger charge is -2.16. The molecule has 0 unspecified atom stereocenters. The third kappa shape index (κ3) is 2.35. The summed E-state index contributed by atoms with van der Waals surface area (Å²) in [7, 11) is 1.52. The van der Waals surface area contributed by atoms with Crippen molar-refractivity contribution in [3.63, 3.8) is 0 Å². The van der Waals surface area contributed by atoms with Crippen LogP contribution >= 0.6 is 23.4 Å². The van der Waals surface area contributed by atoms with Crippen LogP contribution in [0.15, 0.2) is 17.9 Å². The van der Waals surface area contributed by atoms with Gasteiger partial charge in [-0.1, -0.05) is 23.4 Å². The van der Waals surface area contributed by atoms with Gasteiger partial charge in [0.25, 0.3) is 0 Å². The summed E-state index contributed by atoms with van der Waals surface area (Å²) in [5, 5.41) is 10.7. The maximum atomic E-state index is 12.2. The molecule has 0 fully saturated rings. The highest BCUT2D eigenvalue weighted by Crippen LogP contribution is 2.48. The van der Waals surface area contributed by atoms with Crippen LogP contribution in [0.4, 0.5) is 0 Å². The maximum absolute atomic E-state index is 12.2. The third-order valence-corrected chi connectivity index (χ3v) is 4.40. The molecule has 0 aromatic heterocycles. The number of ether oxygens (including phenoxy) is 1. The van der Waals surface area contributed by atoms with Crippen molar-refractivity contribution >= 4 is 34.1 Å². The number of aliphatic hydroxyl groups is 1. The fraction of sp³-hybridized carbons (Fsp3) is 0.357. The van der Waals surface area contributed by atoms with E-state index in [1.807, 2.05) is 20.8 Å². The number of carbonyl (C=O) groups excluding carboxylic acids is 1. The molecule has 3 nitrogen and oxygen atoms in total. The first-order valence-corrected chi connectivity index (χ1v) is 6.99. The van der Waals surface area contributed by atoms with Gasteiger partial charge < -0.3 is 9.84 Å². The number of carbonyl (C=O) groups is 1. The molecule has 1 heterocycles. The topological polar surface area (TPSA) is 46.5 Å². The van der Waals surface area contributed by atoms with Gasteiger partial charge in [-0.05, 0) is 38.5 Å². The molecule has 102 valence electrons. The Kier molecular flexibility index (Phi) is 3.58. The van der Waals surface area contributed by atoms with Gasteiger partial charge >= 0.3 is 0 Å². The van der Waals surface area contributed by atoms with Gasteiger partial charge in [0.05, 0.1) is 17.4 Å². The number of hydrogen-bond acceptors (Lipinski definition) is 4. The second-order valence-electron chi connectivity index (χ2n) is 4.92. The number of aryl methyl sites for hydroxylation is 1. The lowest BCUT2D eigenvalue weighted by molar-refractivity contribution is -0.106. The largest absolute Gasteiger partial charge is 0.510 e. The van der Waals surface area contributed by atoms with Gasteiger partial charge in [-0.3, -0.25) is 4.79 Å². The highest BCUT2D eigenvalue weighted by molar-refractivity contribution is 8.16. The average molecular weight is 299 g/mol. The number of aliphatic hydroxyl groups excluding tert-OH is 1. The number of hydrogen-bond donors (Lipinski definition) is 1. The van der Waals surface area contributed by atoms with E-state index in [0.29, 0.717) is 21.9 Å². The Morgan fingerprint density at radius 1 is 1.37 bits per heavy atom. The Morgan fingerprint density at radius 2 is 2.00 bits per heavy atom. The van der Waals surface area contributed by atoms with Crippen molar-refractivity contribution in [2.24, 2.45) is 0 Å². The summed E-state index contributed by atoms with van der Waals surface area (Å²) in [6, 6.07) is 3.40. The van der Waals surface area contributed by atoms with E-state index in [0.717, 1.165) is 17.3 Å². The summed E-state index contributed by atoms with van der Waals surface area (Å²) in [5.74, 6) is 0.587. The minimum Gasteiger partial charge on any atom is -0.510 e. The van der Waals surface area contributed by atoms with Crippen LogP contribution in [-0.2, 0) is 4.79 Å². The summed E-state index contributed by atoms with van der Waals surface area (Å²) in [5.41, 5.74) is 1.74. The van der Waals surface area contributed by atoms with Crippen LogP contribution in [0.2, 0.25) is 5.02 Å². The lowest BCUT2D eigenvalue weighted by Crippen LogP contribution is -2.14. The predicted molar refractivity (Wildman–Crippen MR) is 79.0 cm³/mol. The molecule has 1 aromatic rings. The van der Waals surface area contributed by atoms with Crippen LogP contribution in [0.25, 0.3) is 5.57 Å². The molecular formula is C14H15ClO3S. The summed E-state index contributed by atoms with van der Waals surface area (Å²) in [6.45, 7) is 5.47. The van der Waals surface area contributed by atoms with Crippen molar-refractivity contribution in [3.8, 4) is 5.75 Å². The minimum atomic E-state index is -0.608. The van der Waals surface area contributed by atoms with Crippen LogP contribution in [-0.4, -0.2) is 22.1 Å². The molecule has 0 amide bonds. The van der Waals surface area contributed by atoms with Gasteiger partial charge in [-0.25, -0.2) is 0 Å². The smallest absolute Gasteiger partial charge is 0.224 e. The predicted octanol–water partition coefficient (Wildman–Crippen LogP) is 3.98. The Bertz CT molecular complexity index is 591. The van der Waals surface area contributed by atoms with Crippen molar-refractivity contribution in [2.75, 3.05) is 7.11 Å². The summed E-state index contributed by atoms with van der Waals surface area (Å²) in [6.07, 6.45) is 0. The molecule has 0 saturated carbocycles. The van der Waals surface area contributed by atoms with Gasteiger partial charge in [0.2, 0.25) is 5.12 Å². The standard InChI is InChI=1S/C14H15ClO3S/c1-7-5-8(15)6-9(18-4)10(7)11-12(16)14(2,3)19-13(11)17/h5-6,16H,1-4H3. The molecule has 0 spiro atoms. The van der Waals surface area contributed by atoms with Crippen molar-refractivity contribution in [2.45, 2.75) is 25.5 Å². The Morgan fingerprint density at radius 3 is 2.47 bits per heavy atom. The van der Waals surface area contributed by atoms with Crippen molar-refractivity contribution in [1.29, 1.82) is 0 Å². The van der Waals surface area contributed by atoms with Crippen LogP contribution in [0.1, 0.15) is 25.0 Å². The molecule has 0 aliphatic carbocycles. The van der Waals surface area contributed by atoms with Gasteiger partial charge in [-0.2, -0.15) is 0 Å². The summed E-state index contributed by atoms with van der Waals surface area (Å²) in [4.78, 5) is 12.2. The zero-order chi connectivity index (χ0) is 14.4. The number of rotatable bonds is 2. The molecule has 0 saturated heterocycles. The van der Waals surface area contributed by atoms with E-state index < -0.39 is 4.75 Å². The first kappa shape index (κ1) is 14.3. The first-order valence-electron chi connectivity index (χ1n) is 5.79. The molecule has 19 heavy (non-hydrogen) atoms. The van der Waals surface area contributed by atoms with Crippen LogP contribution in [0.3, 0.4) is 0 Å². The van der Waals surface area contributed by atoms with E-state index in [2.05, 4.69) is 0 Å². The lowest BCUT2D eigenvalue weighted by atomic mass is 9.96. The van der Waals surface area contributed by atoms with E-state index in [4.69, 9.17) is 16.3 Å². The second-order valence-corrected chi connectivity index (χ2v) is 6.96. The van der Waals surface area contributed by atoms with E-state index in [-0.39, 0.29) is 10.9 Å². The number of methoxy groups -OCH3 is 1. The average Bonchev–Trinajstić information content (AvgIpc) is 2.49. The number of halogens is 1. The Labute approximate surface area is 121 Å². The van der Waals surface area contributed by atoms with Gasteiger partial charge in [-0.15, -0.1) is 0 Å². The highest BCUT2D eigenvalue weighted by atomic mass is 35.5. The molecule has 1 N–H and O–H groups in total. The molecule has 1 aliphatic rings. The van der Waals surface area contributed by atoms with Gasteiger partial charge in [0.1, 0.15) is 11.5 Å². The van der Waals surface area contributed by atoms with E-state index in [9.17, 15) is 9.90 Å². The molecule has 0 atom stereocenters. The van der Waals surface area contributed by atoms with Crippen LogP contribution < -0.4 is 4.74 Å². The molecule has 0 radical (unpaired) electrons. The quantitative estimate of drug-likeness (QED) is 0.897. The number of benzene rings is 1. The molecule has 1 aromatic carbocycles. The minimum absolute atomic E-state index is 0.0891. The zero-order valence-electron chi connectivity index (χ0n) is 11.2. The highest BCUT2D eigenvalue weighted by Gasteiger charge is 2.41. The van der Waals surface area contributed by atoms with Gasteiger partial charge in [0, 0.05) is 10.6 Å². The summed E-state index contributed by atoms with van der Waals surface area (Å²) >= 11 is 7.10. The van der Waals surface area contributed by atoms with E-state index >= 15 is 0 Å². The normalized spacial score (nSPS) is 18.1. The first-order chi connectivity index (χ1) is 8.77. The maximum Gasteiger partial charge on any atom is 0.224 e. The fourth-order valence-corrected chi connectivity index (χ4v) is 3.37. The molecule has 1 aliphatic heterocycles. The van der Waals surface area contributed by atoms with Crippen LogP contribution in [0, 0.1) is 6.92 Å².